The molecule has 0 atom stereocenters. The van der Waals surface area contributed by atoms with Crippen molar-refractivity contribution < 1.29 is 4.79 Å². The summed E-state index contributed by atoms with van der Waals surface area (Å²) >= 11 is 0. The fraction of sp³-hybridized carbons (Fsp3) is 0.562. The van der Waals surface area contributed by atoms with Crippen LogP contribution in [0.1, 0.15) is 50.5 Å². The lowest BCUT2D eigenvalue weighted by atomic mass is 9.86. The first-order chi connectivity index (χ1) is 8.80. The van der Waals surface area contributed by atoms with Gasteiger partial charge >= 0.3 is 0 Å². The molecular formula is C16H26N2O. The Morgan fingerprint density at radius 2 is 1.89 bits per heavy atom. The molecule has 19 heavy (non-hydrogen) atoms. The van der Waals surface area contributed by atoms with Crippen molar-refractivity contribution in [3.63, 3.8) is 0 Å². The first kappa shape index (κ1) is 15.7. The van der Waals surface area contributed by atoms with Crippen LogP contribution in [0.5, 0.6) is 0 Å². The van der Waals surface area contributed by atoms with Crippen molar-refractivity contribution in [1.82, 2.24) is 10.6 Å². The predicted molar refractivity (Wildman–Crippen MR) is 80.6 cm³/mol. The highest BCUT2D eigenvalue weighted by molar-refractivity contribution is 5.94. The third-order valence-corrected chi connectivity index (χ3v) is 2.95. The third kappa shape index (κ3) is 5.43. The maximum atomic E-state index is 12.0. The second kappa shape index (κ2) is 6.71. The topological polar surface area (TPSA) is 41.1 Å². The molecule has 0 aromatic heterocycles. The van der Waals surface area contributed by atoms with E-state index < -0.39 is 0 Å². The first-order valence-corrected chi connectivity index (χ1v) is 6.93. The molecule has 3 heteroatoms. The van der Waals surface area contributed by atoms with Crippen LogP contribution in [0.25, 0.3) is 0 Å². The van der Waals surface area contributed by atoms with Crippen LogP contribution in [0.4, 0.5) is 0 Å². The first-order valence-electron chi connectivity index (χ1n) is 6.93. The summed E-state index contributed by atoms with van der Waals surface area (Å²) in [7, 11) is 0. The quantitative estimate of drug-likeness (QED) is 0.801. The van der Waals surface area contributed by atoms with Crippen molar-refractivity contribution in [2.75, 3.05) is 13.1 Å². The number of carbonyl (C=O) groups excluding carboxylic acids is 1. The van der Waals surface area contributed by atoms with E-state index in [2.05, 4.69) is 51.3 Å². The van der Waals surface area contributed by atoms with Gasteiger partial charge in [-0.1, -0.05) is 46.8 Å². The zero-order valence-electron chi connectivity index (χ0n) is 12.7. The molecule has 0 unspecified atom stereocenters. The van der Waals surface area contributed by atoms with Gasteiger partial charge < -0.3 is 10.6 Å². The number of hydrogen-bond donors (Lipinski definition) is 2. The fourth-order valence-electron chi connectivity index (χ4n) is 1.77. The lowest BCUT2D eigenvalue weighted by Gasteiger charge is -2.19. The Labute approximate surface area is 116 Å². The minimum absolute atomic E-state index is 0.00310. The van der Waals surface area contributed by atoms with Crippen LogP contribution < -0.4 is 10.6 Å². The van der Waals surface area contributed by atoms with E-state index in [1.807, 2.05) is 18.2 Å². The Morgan fingerprint density at radius 1 is 1.21 bits per heavy atom. The Morgan fingerprint density at radius 3 is 2.47 bits per heavy atom. The lowest BCUT2D eigenvalue weighted by molar-refractivity contribution is 0.0953. The summed E-state index contributed by atoms with van der Waals surface area (Å²) in [6, 6.07) is 8.30. The van der Waals surface area contributed by atoms with Crippen molar-refractivity contribution >= 4 is 5.91 Å². The van der Waals surface area contributed by atoms with E-state index in [0.717, 1.165) is 12.1 Å². The minimum Gasteiger partial charge on any atom is -0.351 e. The smallest absolute Gasteiger partial charge is 0.251 e. The van der Waals surface area contributed by atoms with Crippen molar-refractivity contribution in [3.05, 3.63) is 35.4 Å². The molecule has 2 N–H and O–H groups in total. The Kier molecular flexibility index (Phi) is 5.55. The average molecular weight is 262 g/mol. The zero-order valence-corrected chi connectivity index (χ0v) is 12.7. The maximum absolute atomic E-state index is 12.0. The molecule has 1 aromatic carbocycles. The largest absolute Gasteiger partial charge is 0.351 e. The molecule has 0 saturated carbocycles. The van der Waals surface area contributed by atoms with Gasteiger partial charge in [0.15, 0.2) is 0 Å². The van der Waals surface area contributed by atoms with E-state index in [0.29, 0.717) is 12.6 Å². The number of benzene rings is 1. The van der Waals surface area contributed by atoms with Crippen molar-refractivity contribution in [2.45, 2.75) is 46.1 Å². The van der Waals surface area contributed by atoms with Gasteiger partial charge in [0, 0.05) is 24.7 Å². The lowest BCUT2D eigenvalue weighted by Crippen LogP contribution is -2.34. The van der Waals surface area contributed by atoms with Gasteiger partial charge in [0.25, 0.3) is 5.91 Å². The van der Waals surface area contributed by atoms with Crippen LogP contribution >= 0.6 is 0 Å². The summed E-state index contributed by atoms with van der Waals surface area (Å²) in [4.78, 5) is 12.0. The Bertz CT molecular complexity index is 419. The molecule has 0 bridgehead atoms. The SMILES string of the molecule is CC(C)NCCNC(=O)c1cccc(C(C)(C)C)c1. The molecule has 0 aliphatic rings. The van der Waals surface area contributed by atoms with Crippen LogP contribution in [0, 0.1) is 0 Å². The summed E-state index contributed by atoms with van der Waals surface area (Å²) < 4.78 is 0. The van der Waals surface area contributed by atoms with E-state index in [-0.39, 0.29) is 11.3 Å². The molecule has 1 aromatic rings. The van der Waals surface area contributed by atoms with Crippen molar-refractivity contribution in [3.8, 4) is 0 Å². The van der Waals surface area contributed by atoms with Crippen molar-refractivity contribution in [1.29, 1.82) is 0 Å². The Balaban J connectivity index is 2.58. The van der Waals surface area contributed by atoms with Gasteiger partial charge in [0.05, 0.1) is 0 Å². The van der Waals surface area contributed by atoms with E-state index in [9.17, 15) is 4.79 Å². The highest BCUT2D eigenvalue weighted by Crippen LogP contribution is 2.22. The molecule has 0 saturated heterocycles. The number of amides is 1. The van der Waals surface area contributed by atoms with E-state index in [4.69, 9.17) is 0 Å². The van der Waals surface area contributed by atoms with Crippen LogP contribution in [0.15, 0.2) is 24.3 Å². The molecule has 0 spiro atoms. The van der Waals surface area contributed by atoms with Gasteiger partial charge in [-0.05, 0) is 23.1 Å². The summed E-state index contributed by atoms with van der Waals surface area (Å²) in [6.45, 7) is 12.1. The third-order valence-electron chi connectivity index (χ3n) is 2.95. The van der Waals surface area contributed by atoms with Crippen LogP contribution in [-0.4, -0.2) is 25.0 Å². The molecule has 0 radical (unpaired) electrons. The molecule has 0 aliphatic carbocycles. The van der Waals surface area contributed by atoms with Gasteiger partial charge in [0.1, 0.15) is 0 Å². The van der Waals surface area contributed by atoms with Gasteiger partial charge in [-0.3, -0.25) is 4.79 Å². The number of hydrogen-bond acceptors (Lipinski definition) is 2. The van der Waals surface area contributed by atoms with Gasteiger partial charge in [0.2, 0.25) is 0 Å². The molecule has 0 heterocycles. The molecular weight excluding hydrogens is 236 g/mol. The second-order valence-electron chi connectivity index (χ2n) is 6.20. The summed E-state index contributed by atoms with van der Waals surface area (Å²) in [5, 5.41) is 6.20. The van der Waals surface area contributed by atoms with Gasteiger partial charge in [-0.15, -0.1) is 0 Å². The average Bonchev–Trinajstić information content (AvgIpc) is 2.33. The summed E-state index contributed by atoms with van der Waals surface area (Å²) in [6.07, 6.45) is 0. The molecule has 3 nitrogen and oxygen atoms in total. The predicted octanol–water partition coefficient (Wildman–Crippen LogP) is 2.71. The van der Waals surface area contributed by atoms with Crippen LogP contribution in [0.3, 0.4) is 0 Å². The van der Waals surface area contributed by atoms with Gasteiger partial charge in [-0.2, -0.15) is 0 Å². The molecule has 0 fully saturated rings. The zero-order chi connectivity index (χ0) is 14.5. The molecule has 1 rings (SSSR count). The fourth-order valence-corrected chi connectivity index (χ4v) is 1.77. The number of rotatable bonds is 5. The number of nitrogens with one attached hydrogen (secondary N) is 2. The van der Waals surface area contributed by atoms with Crippen molar-refractivity contribution in [2.24, 2.45) is 0 Å². The van der Waals surface area contributed by atoms with E-state index in [1.54, 1.807) is 0 Å². The molecule has 0 aliphatic heterocycles. The summed E-state index contributed by atoms with van der Waals surface area (Å²) in [5.74, 6) is -0.00310. The van der Waals surface area contributed by atoms with E-state index >= 15 is 0 Å². The highest BCUT2D eigenvalue weighted by Gasteiger charge is 2.15. The van der Waals surface area contributed by atoms with Crippen LogP contribution in [0.2, 0.25) is 0 Å². The minimum atomic E-state index is -0.00310. The maximum Gasteiger partial charge on any atom is 0.251 e. The second-order valence-corrected chi connectivity index (χ2v) is 6.20. The van der Waals surface area contributed by atoms with Gasteiger partial charge in [-0.25, -0.2) is 0 Å². The monoisotopic (exact) mass is 262 g/mol. The normalized spacial score (nSPS) is 11.7. The number of carbonyl (C=O) groups is 1. The highest BCUT2D eigenvalue weighted by atomic mass is 16.1. The standard InChI is InChI=1S/C16H26N2O/c1-12(2)17-9-10-18-15(19)13-7-6-8-14(11-13)16(3,4)5/h6-8,11-12,17H,9-10H2,1-5H3,(H,18,19). The Hall–Kier alpha value is -1.35. The van der Waals surface area contributed by atoms with E-state index in [1.165, 1.54) is 5.56 Å². The van der Waals surface area contributed by atoms with Crippen LogP contribution in [-0.2, 0) is 5.41 Å². The summed E-state index contributed by atoms with van der Waals surface area (Å²) in [5.41, 5.74) is 1.98. The molecule has 1 amide bonds. The molecule has 106 valence electrons.